The molecule has 0 aromatic heterocycles. The summed E-state index contributed by atoms with van der Waals surface area (Å²) in [4.78, 5) is 44.8. The second kappa shape index (κ2) is 9.54. The summed E-state index contributed by atoms with van der Waals surface area (Å²) in [6.45, 7) is 0. The standard InChI is InChI=1S/C16H16N6O8/c1-29-11-7-3-5-9(21(25)26)13(11)17-19-15(23)16(24)20-18-14-10(22(27)28)6-4-8-12(14)30-2/h3-8,17-18H,1-2H3,(H,19,23)(H,20,24). The molecule has 0 aliphatic heterocycles. The van der Waals surface area contributed by atoms with Gasteiger partial charge in [0.15, 0.2) is 22.9 Å². The van der Waals surface area contributed by atoms with Gasteiger partial charge in [0, 0.05) is 12.1 Å². The monoisotopic (exact) mass is 420 g/mol. The first kappa shape index (κ1) is 21.7. The number of nitrogens with zero attached hydrogens (tertiary/aromatic N) is 2. The van der Waals surface area contributed by atoms with Crippen molar-refractivity contribution in [2.24, 2.45) is 0 Å². The van der Waals surface area contributed by atoms with Gasteiger partial charge in [-0.1, -0.05) is 12.1 Å². The molecule has 0 bridgehead atoms. The Hall–Kier alpha value is -4.62. The second-order valence-corrected chi connectivity index (χ2v) is 5.38. The van der Waals surface area contributed by atoms with E-state index in [1.165, 1.54) is 50.6 Å². The van der Waals surface area contributed by atoms with Crippen molar-refractivity contribution >= 4 is 34.6 Å². The topological polar surface area (TPSA) is 187 Å². The van der Waals surface area contributed by atoms with E-state index in [4.69, 9.17) is 9.47 Å². The van der Waals surface area contributed by atoms with Gasteiger partial charge >= 0.3 is 11.8 Å². The number of nitro groups is 2. The van der Waals surface area contributed by atoms with Crippen molar-refractivity contribution in [3.05, 3.63) is 56.6 Å². The first-order valence-electron chi connectivity index (χ1n) is 8.05. The number of nitrogens with one attached hydrogen (secondary N) is 4. The van der Waals surface area contributed by atoms with Crippen molar-refractivity contribution in [3.8, 4) is 11.5 Å². The predicted molar refractivity (Wildman–Crippen MR) is 103 cm³/mol. The smallest absolute Gasteiger partial charge is 0.329 e. The normalized spacial score (nSPS) is 9.80. The maximum Gasteiger partial charge on any atom is 0.329 e. The van der Waals surface area contributed by atoms with E-state index in [2.05, 4.69) is 10.9 Å². The van der Waals surface area contributed by atoms with E-state index in [1.54, 1.807) is 0 Å². The van der Waals surface area contributed by atoms with E-state index in [9.17, 15) is 29.8 Å². The number of methoxy groups -OCH3 is 2. The Labute approximate surface area is 168 Å². The molecule has 0 spiro atoms. The first-order chi connectivity index (χ1) is 14.3. The zero-order valence-corrected chi connectivity index (χ0v) is 15.6. The molecule has 0 unspecified atom stereocenters. The van der Waals surface area contributed by atoms with Crippen LogP contribution in [0.4, 0.5) is 22.7 Å². The third-order valence-electron chi connectivity index (χ3n) is 3.65. The summed E-state index contributed by atoms with van der Waals surface area (Å²) < 4.78 is 9.97. The molecule has 30 heavy (non-hydrogen) atoms. The summed E-state index contributed by atoms with van der Waals surface area (Å²) in [5, 5.41) is 22.2. The molecule has 2 amide bonds. The maximum atomic E-state index is 12.0. The van der Waals surface area contributed by atoms with Crippen LogP contribution in [0.5, 0.6) is 11.5 Å². The third kappa shape index (κ3) is 4.80. The zero-order chi connectivity index (χ0) is 22.3. The van der Waals surface area contributed by atoms with Gasteiger partial charge in [-0.15, -0.1) is 0 Å². The Morgan fingerprint density at radius 2 is 1.13 bits per heavy atom. The molecule has 2 aromatic rings. The average molecular weight is 420 g/mol. The third-order valence-corrected chi connectivity index (χ3v) is 3.65. The lowest BCUT2D eigenvalue weighted by Gasteiger charge is -2.14. The van der Waals surface area contributed by atoms with Crippen LogP contribution in [-0.4, -0.2) is 35.9 Å². The summed E-state index contributed by atoms with van der Waals surface area (Å²) in [5.74, 6) is -2.40. The lowest BCUT2D eigenvalue weighted by molar-refractivity contribution is -0.384. The molecule has 0 atom stereocenters. The van der Waals surface area contributed by atoms with E-state index >= 15 is 0 Å². The van der Waals surface area contributed by atoms with Crippen LogP contribution in [0, 0.1) is 20.2 Å². The Kier molecular flexibility index (Phi) is 6.89. The van der Waals surface area contributed by atoms with Crippen LogP contribution in [0.15, 0.2) is 36.4 Å². The van der Waals surface area contributed by atoms with Gasteiger partial charge in [-0.3, -0.25) is 51.5 Å². The van der Waals surface area contributed by atoms with E-state index in [1.807, 2.05) is 10.9 Å². The highest BCUT2D eigenvalue weighted by Crippen LogP contribution is 2.34. The molecule has 4 N–H and O–H groups in total. The summed E-state index contributed by atoms with van der Waals surface area (Å²) in [7, 11) is 2.53. The minimum Gasteiger partial charge on any atom is -0.494 e. The molecular weight excluding hydrogens is 404 g/mol. The van der Waals surface area contributed by atoms with Crippen molar-refractivity contribution in [2.75, 3.05) is 25.1 Å². The Morgan fingerprint density at radius 1 is 0.767 bits per heavy atom. The molecule has 2 rings (SSSR count). The van der Waals surface area contributed by atoms with Gasteiger partial charge in [0.2, 0.25) is 0 Å². The Bertz CT molecular complexity index is 916. The fourth-order valence-corrected chi connectivity index (χ4v) is 2.29. The number of carbonyl (C=O) groups excluding carboxylic acids is 2. The van der Waals surface area contributed by atoms with E-state index in [0.29, 0.717) is 0 Å². The summed E-state index contributed by atoms with van der Waals surface area (Å²) >= 11 is 0. The number of ether oxygens (including phenoxy) is 2. The number of anilines is 2. The van der Waals surface area contributed by atoms with Crippen molar-refractivity contribution in [2.45, 2.75) is 0 Å². The molecule has 2 aromatic carbocycles. The highest BCUT2D eigenvalue weighted by Gasteiger charge is 2.22. The number of amides is 2. The molecule has 158 valence electrons. The van der Waals surface area contributed by atoms with Gasteiger partial charge < -0.3 is 9.47 Å². The Balaban J connectivity index is 2.09. The van der Waals surface area contributed by atoms with E-state index in [-0.39, 0.29) is 22.9 Å². The maximum absolute atomic E-state index is 12.0. The van der Waals surface area contributed by atoms with Crippen LogP contribution in [0.25, 0.3) is 0 Å². The van der Waals surface area contributed by atoms with Crippen LogP contribution in [0.3, 0.4) is 0 Å². The van der Waals surface area contributed by atoms with Crippen molar-refractivity contribution in [1.82, 2.24) is 10.9 Å². The minimum absolute atomic E-state index is 0.0488. The van der Waals surface area contributed by atoms with Crippen molar-refractivity contribution in [3.63, 3.8) is 0 Å². The summed E-state index contributed by atoms with van der Waals surface area (Å²) in [6, 6.07) is 7.90. The first-order valence-corrected chi connectivity index (χ1v) is 8.05. The van der Waals surface area contributed by atoms with Crippen LogP contribution in [-0.2, 0) is 9.59 Å². The molecule has 0 saturated heterocycles. The number of benzene rings is 2. The Morgan fingerprint density at radius 3 is 1.43 bits per heavy atom. The van der Waals surface area contributed by atoms with E-state index in [0.717, 1.165) is 0 Å². The molecule has 14 heteroatoms. The lowest BCUT2D eigenvalue weighted by atomic mass is 10.2. The van der Waals surface area contributed by atoms with Crippen LogP contribution in [0.2, 0.25) is 0 Å². The molecule has 0 fully saturated rings. The van der Waals surface area contributed by atoms with Crippen LogP contribution >= 0.6 is 0 Å². The van der Waals surface area contributed by atoms with Gasteiger partial charge in [0.1, 0.15) is 0 Å². The fourth-order valence-electron chi connectivity index (χ4n) is 2.29. The van der Waals surface area contributed by atoms with Crippen molar-refractivity contribution < 1.29 is 28.9 Å². The number of nitro benzene ring substituents is 2. The summed E-state index contributed by atoms with van der Waals surface area (Å²) in [6.07, 6.45) is 0. The highest BCUT2D eigenvalue weighted by molar-refractivity contribution is 6.35. The molecule has 0 saturated carbocycles. The predicted octanol–water partition coefficient (Wildman–Crippen LogP) is 1.11. The summed E-state index contributed by atoms with van der Waals surface area (Å²) in [5.41, 5.74) is 7.30. The largest absolute Gasteiger partial charge is 0.494 e. The zero-order valence-electron chi connectivity index (χ0n) is 15.6. The molecule has 0 heterocycles. The molecular formula is C16H16N6O8. The number of rotatable bonds is 8. The van der Waals surface area contributed by atoms with Gasteiger partial charge in [-0.05, 0) is 12.1 Å². The SMILES string of the molecule is COc1cccc([N+](=O)[O-])c1NNC(=O)C(=O)NNc1c(OC)cccc1[N+](=O)[O-]. The van der Waals surface area contributed by atoms with Gasteiger partial charge in [-0.2, -0.15) is 0 Å². The number of hydrogen-bond donors (Lipinski definition) is 4. The molecule has 0 aliphatic carbocycles. The number of hydrogen-bond acceptors (Lipinski definition) is 10. The number of carbonyl (C=O) groups is 2. The second-order valence-electron chi connectivity index (χ2n) is 5.38. The number of para-hydroxylation sites is 2. The van der Waals surface area contributed by atoms with Gasteiger partial charge in [0.25, 0.3) is 11.4 Å². The molecule has 14 nitrogen and oxygen atoms in total. The quantitative estimate of drug-likeness (QED) is 0.274. The van der Waals surface area contributed by atoms with Crippen LogP contribution < -0.4 is 31.2 Å². The average Bonchev–Trinajstić information content (AvgIpc) is 2.74. The lowest BCUT2D eigenvalue weighted by Crippen LogP contribution is -2.44. The van der Waals surface area contributed by atoms with Gasteiger partial charge in [-0.25, -0.2) is 0 Å². The minimum atomic E-state index is -1.25. The molecule has 0 aliphatic rings. The fraction of sp³-hybridized carbons (Fsp3) is 0.125. The van der Waals surface area contributed by atoms with Crippen molar-refractivity contribution in [1.29, 1.82) is 0 Å². The molecule has 0 radical (unpaired) electrons. The van der Waals surface area contributed by atoms with E-state index < -0.39 is 33.0 Å². The highest BCUT2D eigenvalue weighted by atomic mass is 16.6. The van der Waals surface area contributed by atoms with Crippen LogP contribution in [0.1, 0.15) is 0 Å². The van der Waals surface area contributed by atoms with Gasteiger partial charge in [0.05, 0.1) is 24.1 Å². The number of hydrazine groups is 2.